The van der Waals surface area contributed by atoms with E-state index in [-0.39, 0.29) is 17.9 Å². The number of amides is 1. The van der Waals surface area contributed by atoms with E-state index >= 15 is 0 Å². The monoisotopic (exact) mass is 504 g/mol. The van der Waals surface area contributed by atoms with Gasteiger partial charge in [0.2, 0.25) is 0 Å². The molecule has 172 valence electrons. The molecule has 1 saturated carbocycles. The molecule has 2 aliphatic rings. The fourth-order valence-electron chi connectivity index (χ4n) is 4.85. The number of allylic oxidation sites excluding steroid dienone is 1. The molecule has 0 unspecified atom stereocenters. The van der Waals surface area contributed by atoms with Crippen molar-refractivity contribution in [2.24, 2.45) is 11.0 Å². The van der Waals surface area contributed by atoms with Gasteiger partial charge in [0.25, 0.3) is 5.91 Å². The predicted molar refractivity (Wildman–Crippen MR) is 143 cm³/mol. The summed E-state index contributed by atoms with van der Waals surface area (Å²) in [5.41, 5.74) is 5.48. The Morgan fingerprint density at radius 3 is 2.94 bits per heavy atom. The Morgan fingerprint density at radius 1 is 1.24 bits per heavy atom. The minimum Gasteiger partial charge on any atom is -0.333 e. The second kappa shape index (κ2) is 9.17. The van der Waals surface area contributed by atoms with Crippen LogP contribution >= 0.6 is 34.4 Å². The molecule has 6 rings (SSSR count). The highest BCUT2D eigenvalue weighted by Crippen LogP contribution is 2.46. The van der Waals surface area contributed by atoms with Crippen LogP contribution in [-0.4, -0.2) is 32.3 Å². The molecule has 34 heavy (non-hydrogen) atoms. The molecule has 3 aromatic heterocycles. The lowest BCUT2D eigenvalue weighted by atomic mass is 9.79. The minimum absolute atomic E-state index is 0.0199. The molecule has 0 radical (unpaired) electrons. The average molecular weight is 505 g/mol. The van der Waals surface area contributed by atoms with Crippen molar-refractivity contribution in [1.82, 2.24) is 15.0 Å². The van der Waals surface area contributed by atoms with Crippen LogP contribution in [0.2, 0.25) is 0 Å². The fraction of sp³-hybridized carbons (Fsp3) is 0.269. The first kappa shape index (κ1) is 21.8. The van der Waals surface area contributed by atoms with E-state index in [1.807, 2.05) is 6.07 Å². The van der Waals surface area contributed by atoms with E-state index in [2.05, 4.69) is 70.1 Å². The van der Waals surface area contributed by atoms with Crippen LogP contribution in [-0.2, 0) is 4.79 Å². The summed E-state index contributed by atoms with van der Waals surface area (Å²) in [6, 6.07) is 14.6. The molecule has 0 saturated heterocycles. The molecular formula is C26H24N4OS3. The molecule has 1 aromatic carbocycles. The highest BCUT2D eigenvalue weighted by atomic mass is 32.2. The maximum absolute atomic E-state index is 13.5. The number of fused-ring (bicyclic) bond motifs is 2. The summed E-state index contributed by atoms with van der Waals surface area (Å²) in [4.78, 5) is 23.9. The molecule has 0 bridgehead atoms. The van der Waals surface area contributed by atoms with Crippen molar-refractivity contribution in [2.75, 3.05) is 5.75 Å². The van der Waals surface area contributed by atoms with E-state index in [4.69, 9.17) is 5.10 Å². The van der Waals surface area contributed by atoms with Crippen LogP contribution in [0.15, 0.2) is 69.1 Å². The Bertz CT molecular complexity index is 1380. The molecule has 1 N–H and O–H groups in total. The van der Waals surface area contributed by atoms with E-state index in [0.29, 0.717) is 5.75 Å². The lowest BCUT2D eigenvalue weighted by Gasteiger charge is -2.28. The molecule has 4 heterocycles. The van der Waals surface area contributed by atoms with Crippen LogP contribution in [0.5, 0.6) is 0 Å². The molecule has 1 aliphatic heterocycles. The summed E-state index contributed by atoms with van der Waals surface area (Å²) in [7, 11) is 0. The molecule has 1 fully saturated rings. The van der Waals surface area contributed by atoms with Crippen LogP contribution < -0.4 is 0 Å². The summed E-state index contributed by atoms with van der Waals surface area (Å²) in [5.74, 6) is 0.577. The number of hydrogen-bond acceptors (Lipinski definition) is 6. The molecule has 8 heteroatoms. The lowest BCUT2D eigenvalue weighted by Crippen LogP contribution is -2.32. The van der Waals surface area contributed by atoms with Gasteiger partial charge in [0.1, 0.15) is 0 Å². The number of aromatic amines is 1. The number of aryl methyl sites for hydroxylation is 1. The third-order valence-corrected chi connectivity index (χ3v) is 9.02. The molecule has 4 aromatic rings. The number of carbonyl (C=O) groups excluding carboxylic acids is 1. The largest absolute Gasteiger partial charge is 0.333 e. The lowest BCUT2D eigenvalue weighted by molar-refractivity contribution is -0.130. The average Bonchev–Trinajstić information content (AvgIpc) is 3.63. The highest BCUT2D eigenvalue weighted by molar-refractivity contribution is 7.99. The van der Waals surface area contributed by atoms with Gasteiger partial charge in [-0.3, -0.25) is 4.79 Å². The number of rotatable bonds is 5. The van der Waals surface area contributed by atoms with Crippen molar-refractivity contribution in [3.63, 3.8) is 0 Å². The van der Waals surface area contributed by atoms with Gasteiger partial charge in [-0.25, -0.2) is 9.99 Å². The van der Waals surface area contributed by atoms with Crippen LogP contribution in [0.25, 0.3) is 17.1 Å². The topological polar surface area (TPSA) is 61.4 Å². The number of H-pyrrole nitrogens is 1. The summed E-state index contributed by atoms with van der Waals surface area (Å²) in [6.45, 7) is 2.06. The van der Waals surface area contributed by atoms with E-state index < -0.39 is 0 Å². The van der Waals surface area contributed by atoms with Crippen molar-refractivity contribution >= 4 is 63.2 Å². The summed E-state index contributed by atoms with van der Waals surface area (Å²) < 4.78 is 0. The maximum Gasteiger partial charge on any atom is 0.253 e. The van der Waals surface area contributed by atoms with Gasteiger partial charge in [-0.1, -0.05) is 30.0 Å². The Morgan fingerprint density at radius 2 is 2.12 bits per heavy atom. The Balaban J connectivity index is 1.27. The minimum atomic E-state index is -0.0199. The second-order valence-electron chi connectivity index (χ2n) is 8.72. The molecule has 0 spiro atoms. The van der Waals surface area contributed by atoms with Crippen LogP contribution in [0.1, 0.15) is 40.6 Å². The summed E-state index contributed by atoms with van der Waals surface area (Å²) >= 11 is 4.90. The van der Waals surface area contributed by atoms with Crippen LogP contribution in [0, 0.1) is 12.8 Å². The zero-order valence-electron chi connectivity index (χ0n) is 18.7. The van der Waals surface area contributed by atoms with Gasteiger partial charge in [-0.15, -0.1) is 22.7 Å². The van der Waals surface area contributed by atoms with Gasteiger partial charge < -0.3 is 4.98 Å². The van der Waals surface area contributed by atoms with Gasteiger partial charge in [0, 0.05) is 15.7 Å². The van der Waals surface area contributed by atoms with Gasteiger partial charge in [-0.05, 0) is 78.4 Å². The number of nitrogens with zero attached hydrogens (tertiary/aromatic N) is 3. The Kier molecular flexibility index (Phi) is 5.89. The van der Waals surface area contributed by atoms with Crippen molar-refractivity contribution in [3.05, 3.63) is 74.1 Å². The van der Waals surface area contributed by atoms with Crippen molar-refractivity contribution in [2.45, 2.75) is 37.4 Å². The molecule has 5 nitrogen and oxygen atoms in total. The SMILES string of the molecule is Cc1ccc2nc(SCC(=O)N3N=C4/C(=C\c5cccs5)CCC[C@@H]4[C@H]3c3cccs3)[nH]c2c1. The Hall–Kier alpha value is -2.68. The first-order valence-electron chi connectivity index (χ1n) is 11.4. The summed E-state index contributed by atoms with van der Waals surface area (Å²) in [6.07, 6.45) is 5.46. The summed E-state index contributed by atoms with van der Waals surface area (Å²) in [5, 5.41) is 11.7. The second-order valence-corrected chi connectivity index (χ2v) is 11.6. The molecule has 2 atom stereocenters. The number of aromatic nitrogens is 2. The number of benzene rings is 1. The highest BCUT2D eigenvalue weighted by Gasteiger charge is 2.44. The number of carbonyl (C=O) groups is 1. The van der Waals surface area contributed by atoms with Crippen LogP contribution in [0.4, 0.5) is 0 Å². The van der Waals surface area contributed by atoms with Crippen molar-refractivity contribution < 1.29 is 4.79 Å². The first-order valence-corrected chi connectivity index (χ1v) is 14.2. The first-order chi connectivity index (χ1) is 16.7. The number of thiophene rings is 2. The predicted octanol–water partition coefficient (Wildman–Crippen LogP) is 6.91. The van der Waals surface area contributed by atoms with Crippen LogP contribution in [0.3, 0.4) is 0 Å². The van der Waals surface area contributed by atoms with Crippen molar-refractivity contribution in [1.29, 1.82) is 0 Å². The molecular weight excluding hydrogens is 481 g/mol. The normalized spacial score (nSPS) is 21.3. The van der Waals surface area contributed by atoms with Gasteiger partial charge in [0.05, 0.1) is 28.5 Å². The number of thioether (sulfide) groups is 1. The number of hydrazone groups is 1. The number of nitrogens with one attached hydrogen (secondary N) is 1. The van der Waals surface area contributed by atoms with E-state index in [9.17, 15) is 4.79 Å². The smallest absolute Gasteiger partial charge is 0.253 e. The fourth-order valence-corrected chi connectivity index (χ4v) is 7.15. The van der Waals surface area contributed by atoms with Gasteiger partial charge >= 0.3 is 0 Å². The number of imidazole rings is 1. The van der Waals surface area contributed by atoms with Gasteiger partial charge in [-0.2, -0.15) is 5.10 Å². The maximum atomic E-state index is 13.5. The Labute approximate surface area is 210 Å². The van der Waals surface area contributed by atoms with E-state index in [1.54, 1.807) is 27.7 Å². The zero-order valence-corrected chi connectivity index (χ0v) is 21.2. The zero-order chi connectivity index (χ0) is 23.1. The quantitative estimate of drug-likeness (QED) is 0.300. The molecule has 1 amide bonds. The number of hydrogen-bond donors (Lipinski definition) is 1. The van der Waals surface area contributed by atoms with Gasteiger partial charge in [0.15, 0.2) is 5.16 Å². The molecule has 1 aliphatic carbocycles. The standard InChI is InChI=1S/C26H24N4OS3/c1-16-9-10-20-21(13-16)28-26(27-20)34-15-23(31)30-25(22-8-4-12-33-22)19-7-2-5-17(24(19)29-30)14-18-6-3-11-32-18/h3-4,6,8-14,19,25H,2,5,7,15H2,1H3,(H,27,28)/b17-14-/t19-,25-/m0/s1. The third kappa shape index (κ3) is 4.15. The van der Waals surface area contributed by atoms with E-state index in [0.717, 1.165) is 41.2 Å². The van der Waals surface area contributed by atoms with E-state index in [1.165, 1.54) is 32.7 Å². The third-order valence-electron chi connectivity index (χ3n) is 6.40. The van der Waals surface area contributed by atoms with Crippen molar-refractivity contribution in [3.8, 4) is 0 Å².